The van der Waals surface area contributed by atoms with Gasteiger partial charge in [-0.15, -0.1) is 0 Å². The van der Waals surface area contributed by atoms with Gasteiger partial charge in [0.1, 0.15) is 0 Å². The number of benzene rings is 1. The minimum Gasteiger partial charge on any atom is -0.463 e. The molecule has 1 aromatic carbocycles. The first-order valence-corrected chi connectivity index (χ1v) is 12.8. The Morgan fingerprint density at radius 3 is 2.54 bits per heavy atom. The zero-order valence-electron chi connectivity index (χ0n) is 21.8. The van der Waals surface area contributed by atoms with Crippen molar-refractivity contribution in [3.63, 3.8) is 0 Å². The molecule has 0 radical (unpaired) electrons. The van der Waals surface area contributed by atoms with Gasteiger partial charge in [0, 0.05) is 48.2 Å². The van der Waals surface area contributed by atoms with Crippen LogP contribution in [0.1, 0.15) is 55.6 Å². The summed E-state index contributed by atoms with van der Waals surface area (Å²) >= 11 is 0. The van der Waals surface area contributed by atoms with E-state index in [9.17, 15) is 32.3 Å². The minimum atomic E-state index is -4.56. The van der Waals surface area contributed by atoms with Crippen LogP contribution in [0.2, 0.25) is 0 Å². The molecule has 0 bridgehead atoms. The van der Waals surface area contributed by atoms with Crippen LogP contribution in [0.25, 0.3) is 11.3 Å². The van der Waals surface area contributed by atoms with E-state index >= 15 is 0 Å². The number of carbonyl (C=O) groups is 4. The number of H-pyrrole nitrogens is 1. The standard InChI is InChI=1S/C28H32F3N3O5/c1-3-17(27(38)33-19(9-12-25(36)39-4-2)15-18-13-14-32-26(18)37)16-24(35)23-11-10-22(34-23)20-7-5-6-8-21(20)28(29,30)31/h5-12,17-19,34H,3-4,13-16H2,1-2H3,(H,32,37)(H,33,38)/b12-9+. The second kappa shape index (κ2) is 13.3. The lowest BCUT2D eigenvalue weighted by atomic mass is 9.94. The van der Waals surface area contributed by atoms with Crippen LogP contribution >= 0.6 is 0 Å². The third-order valence-corrected chi connectivity index (χ3v) is 6.58. The molecule has 11 heteroatoms. The lowest BCUT2D eigenvalue weighted by Crippen LogP contribution is -2.40. The van der Waals surface area contributed by atoms with Gasteiger partial charge in [-0.2, -0.15) is 13.2 Å². The van der Waals surface area contributed by atoms with Crippen LogP contribution in [-0.2, 0) is 25.3 Å². The molecular weight excluding hydrogens is 515 g/mol. The van der Waals surface area contributed by atoms with E-state index in [1.54, 1.807) is 13.8 Å². The fourth-order valence-corrected chi connectivity index (χ4v) is 4.48. The van der Waals surface area contributed by atoms with E-state index in [0.717, 1.165) is 6.07 Å². The number of ketones is 1. The molecule has 1 saturated heterocycles. The van der Waals surface area contributed by atoms with Crippen molar-refractivity contribution in [2.45, 2.75) is 51.7 Å². The van der Waals surface area contributed by atoms with E-state index in [1.807, 2.05) is 0 Å². The molecule has 2 amide bonds. The summed E-state index contributed by atoms with van der Waals surface area (Å²) in [5.74, 6) is -2.64. The Labute approximate surface area is 224 Å². The molecular formula is C28H32F3N3O5. The molecule has 210 valence electrons. The molecule has 0 aliphatic carbocycles. The van der Waals surface area contributed by atoms with Gasteiger partial charge in [-0.25, -0.2) is 4.79 Å². The molecule has 3 N–H and O–H groups in total. The summed E-state index contributed by atoms with van der Waals surface area (Å²) in [5.41, 5.74) is -0.673. The molecule has 8 nitrogen and oxygen atoms in total. The lowest BCUT2D eigenvalue weighted by Gasteiger charge is -2.21. The van der Waals surface area contributed by atoms with Crippen molar-refractivity contribution in [1.82, 2.24) is 15.6 Å². The average molecular weight is 548 g/mol. The van der Waals surface area contributed by atoms with Crippen LogP contribution in [0.15, 0.2) is 48.6 Å². The summed E-state index contributed by atoms with van der Waals surface area (Å²) in [6.45, 7) is 4.13. The third-order valence-electron chi connectivity index (χ3n) is 6.58. The number of alkyl halides is 3. The number of hydrogen-bond acceptors (Lipinski definition) is 5. The zero-order chi connectivity index (χ0) is 28.6. The lowest BCUT2D eigenvalue weighted by molar-refractivity contribution is -0.138. The number of hydrogen-bond donors (Lipinski definition) is 3. The average Bonchev–Trinajstić information content (AvgIpc) is 3.55. The van der Waals surface area contributed by atoms with E-state index in [-0.39, 0.29) is 48.2 Å². The summed E-state index contributed by atoms with van der Waals surface area (Å²) in [7, 11) is 0. The number of esters is 1. The number of aromatic nitrogens is 1. The Bertz CT molecular complexity index is 1220. The number of rotatable bonds is 12. The molecule has 3 unspecified atom stereocenters. The van der Waals surface area contributed by atoms with Crippen LogP contribution < -0.4 is 10.6 Å². The summed E-state index contributed by atoms with van der Waals surface area (Å²) in [5, 5.41) is 5.56. The predicted octanol–water partition coefficient (Wildman–Crippen LogP) is 4.43. The monoisotopic (exact) mass is 547 g/mol. The highest BCUT2D eigenvalue weighted by Gasteiger charge is 2.34. The van der Waals surface area contributed by atoms with Crippen molar-refractivity contribution in [2.75, 3.05) is 13.2 Å². The Kier molecular flexibility index (Phi) is 10.1. The molecule has 0 spiro atoms. The van der Waals surface area contributed by atoms with Crippen LogP contribution in [0.3, 0.4) is 0 Å². The predicted molar refractivity (Wildman–Crippen MR) is 137 cm³/mol. The van der Waals surface area contributed by atoms with Gasteiger partial charge in [-0.1, -0.05) is 31.2 Å². The van der Waals surface area contributed by atoms with E-state index < -0.39 is 41.4 Å². The molecule has 3 atom stereocenters. The number of aromatic amines is 1. The van der Waals surface area contributed by atoms with Crippen molar-refractivity contribution < 1.29 is 37.1 Å². The van der Waals surface area contributed by atoms with Crippen molar-refractivity contribution >= 4 is 23.6 Å². The summed E-state index contributed by atoms with van der Waals surface area (Å²) in [4.78, 5) is 52.7. The molecule has 0 saturated carbocycles. The van der Waals surface area contributed by atoms with E-state index in [0.29, 0.717) is 19.4 Å². The quantitative estimate of drug-likeness (QED) is 0.207. The zero-order valence-corrected chi connectivity index (χ0v) is 21.8. The summed E-state index contributed by atoms with van der Waals surface area (Å²) in [6, 6.07) is 7.22. The second-order valence-electron chi connectivity index (χ2n) is 9.30. The van der Waals surface area contributed by atoms with Crippen LogP contribution in [0.4, 0.5) is 13.2 Å². The topological polar surface area (TPSA) is 117 Å². The number of halogens is 3. The van der Waals surface area contributed by atoms with Crippen molar-refractivity contribution in [3.05, 3.63) is 59.8 Å². The van der Waals surface area contributed by atoms with Gasteiger partial charge >= 0.3 is 12.1 Å². The Balaban J connectivity index is 1.71. The van der Waals surface area contributed by atoms with Crippen molar-refractivity contribution in [3.8, 4) is 11.3 Å². The maximum Gasteiger partial charge on any atom is 0.417 e. The third kappa shape index (κ3) is 8.05. The number of Topliss-reactive ketones (excluding diaryl/α,β-unsaturated/α-hetero) is 1. The fourth-order valence-electron chi connectivity index (χ4n) is 4.48. The first-order chi connectivity index (χ1) is 18.5. The van der Waals surface area contributed by atoms with Crippen molar-refractivity contribution in [1.29, 1.82) is 0 Å². The maximum absolute atomic E-state index is 13.4. The summed E-state index contributed by atoms with van der Waals surface area (Å²) < 4.78 is 45.1. The highest BCUT2D eigenvalue weighted by molar-refractivity contribution is 5.98. The normalized spacial score (nSPS) is 17.1. The van der Waals surface area contributed by atoms with E-state index in [1.165, 1.54) is 42.5 Å². The smallest absolute Gasteiger partial charge is 0.417 e. The van der Waals surface area contributed by atoms with Crippen LogP contribution in [0, 0.1) is 11.8 Å². The molecule has 1 aromatic heterocycles. The van der Waals surface area contributed by atoms with E-state index in [4.69, 9.17) is 4.74 Å². The molecule has 2 heterocycles. The maximum atomic E-state index is 13.4. The SMILES string of the molecule is CCOC(=O)/C=C/C(CC1CCNC1=O)NC(=O)C(CC)CC(=O)c1ccc(-c2ccccc2C(F)(F)F)[nH]1. The highest BCUT2D eigenvalue weighted by atomic mass is 19.4. The highest BCUT2D eigenvalue weighted by Crippen LogP contribution is 2.36. The number of amides is 2. The van der Waals surface area contributed by atoms with Gasteiger partial charge in [0.05, 0.1) is 17.9 Å². The summed E-state index contributed by atoms with van der Waals surface area (Å²) in [6.07, 6.45) is -0.869. The molecule has 1 aliphatic heterocycles. The number of nitrogens with one attached hydrogen (secondary N) is 3. The Morgan fingerprint density at radius 1 is 1.15 bits per heavy atom. The van der Waals surface area contributed by atoms with Gasteiger partial charge < -0.3 is 20.4 Å². The van der Waals surface area contributed by atoms with Gasteiger partial charge in [-0.3, -0.25) is 14.4 Å². The molecule has 1 fully saturated rings. The molecule has 2 aromatic rings. The second-order valence-corrected chi connectivity index (χ2v) is 9.30. The fraction of sp³-hybridized carbons (Fsp3) is 0.429. The van der Waals surface area contributed by atoms with Crippen molar-refractivity contribution in [2.24, 2.45) is 11.8 Å². The van der Waals surface area contributed by atoms with Gasteiger partial charge in [0.25, 0.3) is 0 Å². The Morgan fingerprint density at radius 2 is 1.90 bits per heavy atom. The minimum absolute atomic E-state index is 0.0824. The largest absolute Gasteiger partial charge is 0.463 e. The van der Waals surface area contributed by atoms with Gasteiger partial charge in [0.15, 0.2) is 5.78 Å². The molecule has 3 rings (SSSR count). The molecule has 1 aliphatic rings. The molecule has 39 heavy (non-hydrogen) atoms. The first kappa shape index (κ1) is 29.7. The number of ether oxygens (including phenoxy) is 1. The van der Waals surface area contributed by atoms with Gasteiger partial charge in [0.2, 0.25) is 11.8 Å². The first-order valence-electron chi connectivity index (χ1n) is 12.8. The van der Waals surface area contributed by atoms with Crippen LogP contribution in [0.5, 0.6) is 0 Å². The van der Waals surface area contributed by atoms with Gasteiger partial charge in [-0.05, 0) is 44.4 Å². The van der Waals surface area contributed by atoms with E-state index in [2.05, 4.69) is 15.6 Å². The number of carbonyl (C=O) groups excluding carboxylic acids is 4. The Hall–Kier alpha value is -3.89. The van der Waals surface area contributed by atoms with Crippen LogP contribution in [-0.4, -0.2) is 47.7 Å².